The van der Waals surface area contributed by atoms with Crippen molar-refractivity contribution in [3.8, 4) is 17.0 Å². The highest BCUT2D eigenvalue weighted by Crippen LogP contribution is 2.49. The monoisotopic (exact) mass is 522 g/mol. The van der Waals surface area contributed by atoms with Crippen LogP contribution in [0.1, 0.15) is 44.8 Å². The van der Waals surface area contributed by atoms with Crippen LogP contribution >= 0.6 is 0 Å². The lowest BCUT2D eigenvalue weighted by atomic mass is 9.81. The molecule has 3 N–H and O–H groups in total. The lowest BCUT2D eigenvalue weighted by Crippen LogP contribution is -2.52. The van der Waals surface area contributed by atoms with Crippen LogP contribution in [-0.2, 0) is 15.8 Å². The Hall–Kier alpha value is -3.67. The Kier molecular flexibility index (Phi) is 6.43. The molecule has 198 valence electrons. The molecule has 1 aromatic carbocycles. The van der Waals surface area contributed by atoms with Gasteiger partial charge in [0.15, 0.2) is 0 Å². The van der Waals surface area contributed by atoms with Gasteiger partial charge in [0.25, 0.3) is 0 Å². The Morgan fingerprint density at radius 3 is 2.49 bits per heavy atom. The normalized spacial score (nSPS) is 19.1. The maximum absolute atomic E-state index is 14.4. The number of hydrogen-bond donors (Lipinski definition) is 3. The molecule has 0 radical (unpaired) electrons. The molecular weight excluding hydrogens is 496 g/mol. The second-order valence-electron chi connectivity index (χ2n) is 10.0. The van der Waals surface area contributed by atoms with Gasteiger partial charge < -0.3 is 24.9 Å². The summed E-state index contributed by atoms with van der Waals surface area (Å²) >= 11 is 0. The minimum absolute atomic E-state index is 0.0236. The highest BCUT2D eigenvalue weighted by atomic mass is 19.4. The van der Waals surface area contributed by atoms with Gasteiger partial charge in [0, 0.05) is 23.5 Å². The zero-order chi connectivity index (χ0) is 27.2. The van der Waals surface area contributed by atoms with E-state index in [1.165, 1.54) is 18.3 Å². The predicted octanol–water partition coefficient (Wildman–Crippen LogP) is 4.58. The maximum atomic E-state index is 14.4. The first kappa shape index (κ1) is 26.4. The average molecular weight is 522 g/mol. The summed E-state index contributed by atoms with van der Waals surface area (Å²) < 4.78 is 67.7. The van der Waals surface area contributed by atoms with Crippen LogP contribution in [0.4, 0.5) is 22.4 Å². The van der Waals surface area contributed by atoms with E-state index >= 15 is 0 Å². The Morgan fingerprint density at radius 2 is 1.92 bits per heavy atom. The van der Waals surface area contributed by atoms with Crippen molar-refractivity contribution in [3.63, 3.8) is 0 Å². The largest absolute Gasteiger partial charge is 0.490 e. The van der Waals surface area contributed by atoms with Crippen molar-refractivity contribution >= 4 is 6.09 Å². The number of aromatic nitrogens is 3. The van der Waals surface area contributed by atoms with Crippen molar-refractivity contribution in [3.05, 3.63) is 65.6 Å². The van der Waals surface area contributed by atoms with E-state index < -0.39 is 46.9 Å². The number of H-pyrrole nitrogens is 1. The van der Waals surface area contributed by atoms with Crippen molar-refractivity contribution in [1.82, 2.24) is 20.3 Å². The Labute approximate surface area is 210 Å². The van der Waals surface area contributed by atoms with Crippen LogP contribution in [0.25, 0.3) is 11.3 Å². The highest BCUT2D eigenvalue weighted by Gasteiger charge is 2.57. The number of imidazole rings is 1. The summed E-state index contributed by atoms with van der Waals surface area (Å²) in [5.41, 5.74) is -5.83. The number of ether oxygens (including phenoxy) is 2. The van der Waals surface area contributed by atoms with Gasteiger partial charge in [-0.25, -0.2) is 19.2 Å². The molecule has 2 atom stereocenters. The molecule has 8 nitrogen and oxygen atoms in total. The van der Waals surface area contributed by atoms with Crippen molar-refractivity contribution in [2.75, 3.05) is 13.2 Å². The summed E-state index contributed by atoms with van der Waals surface area (Å²) in [5.74, 6) is 0.0565. The van der Waals surface area contributed by atoms with Gasteiger partial charge in [0.1, 0.15) is 35.3 Å². The fourth-order valence-electron chi connectivity index (χ4n) is 4.01. The zero-order valence-electron chi connectivity index (χ0n) is 20.5. The van der Waals surface area contributed by atoms with E-state index in [0.717, 1.165) is 18.2 Å². The number of benzene rings is 1. The number of pyridine rings is 1. The number of carbonyl (C=O) groups is 1. The molecule has 12 heteroatoms. The quantitative estimate of drug-likeness (QED) is 0.423. The number of alkyl carbamates (subject to hydrolysis) is 1. The number of nitrogens with one attached hydrogen (secondary N) is 2. The van der Waals surface area contributed by atoms with Crippen LogP contribution in [-0.4, -0.2) is 51.1 Å². The molecular formula is C25H26F4N4O4. The molecule has 1 aliphatic rings. The highest BCUT2D eigenvalue weighted by molar-refractivity contribution is 5.72. The van der Waals surface area contributed by atoms with Crippen LogP contribution in [0.5, 0.6) is 5.75 Å². The second kappa shape index (κ2) is 9.02. The summed E-state index contributed by atoms with van der Waals surface area (Å²) in [4.78, 5) is 23.5. The average Bonchev–Trinajstić information content (AvgIpc) is 3.45. The molecule has 1 amide bonds. The summed E-state index contributed by atoms with van der Waals surface area (Å²) in [6, 6.07) is 6.06. The first-order chi connectivity index (χ1) is 17.1. The topological polar surface area (TPSA) is 109 Å². The Morgan fingerprint density at radius 1 is 1.24 bits per heavy atom. The number of amides is 1. The summed E-state index contributed by atoms with van der Waals surface area (Å²) in [7, 11) is 0. The predicted molar refractivity (Wildman–Crippen MR) is 124 cm³/mol. The first-order valence-corrected chi connectivity index (χ1v) is 11.3. The van der Waals surface area contributed by atoms with Gasteiger partial charge in [-0.05, 0) is 58.0 Å². The van der Waals surface area contributed by atoms with Crippen LogP contribution in [0.2, 0.25) is 0 Å². The molecule has 2 aromatic heterocycles. The third kappa shape index (κ3) is 4.97. The maximum Gasteiger partial charge on any atom is 0.424 e. The van der Waals surface area contributed by atoms with Gasteiger partial charge in [-0.2, -0.15) is 13.2 Å². The van der Waals surface area contributed by atoms with E-state index in [9.17, 15) is 27.5 Å². The van der Waals surface area contributed by atoms with E-state index in [0.29, 0.717) is 5.82 Å². The second-order valence-corrected chi connectivity index (χ2v) is 10.0. The van der Waals surface area contributed by atoms with Crippen molar-refractivity contribution in [2.24, 2.45) is 0 Å². The Balaban J connectivity index is 1.88. The fraction of sp³-hybridized carbons (Fsp3) is 0.400. The summed E-state index contributed by atoms with van der Waals surface area (Å²) in [6.07, 6.45) is -3.32. The molecule has 0 fully saturated rings. The van der Waals surface area contributed by atoms with E-state index in [1.54, 1.807) is 33.9 Å². The lowest BCUT2D eigenvalue weighted by Gasteiger charge is -2.32. The molecule has 0 spiro atoms. The number of fused-ring (bicyclic) bond motifs is 1. The molecule has 1 aliphatic heterocycles. The SMILES string of the molecule is CC(C)(C)OC(=O)NC[C@](O)(c1cc2c(c(-c3ccc(F)cc3)n1)OC[C@]2(C)c1ncc[nH]1)C(F)(F)F. The smallest absolute Gasteiger partial charge is 0.424 e. The zero-order valence-corrected chi connectivity index (χ0v) is 20.5. The molecule has 3 heterocycles. The number of carbonyl (C=O) groups excluding carboxylic acids is 1. The van der Waals surface area contributed by atoms with E-state index in [1.807, 2.05) is 5.32 Å². The first-order valence-electron chi connectivity index (χ1n) is 11.3. The van der Waals surface area contributed by atoms with Crippen LogP contribution in [0.3, 0.4) is 0 Å². The Bertz CT molecular complexity index is 1290. The van der Waals surface area contributed by atoms with Crippen molar-refractivity contribution in [1.29, 1.82) is 0 Å². The molecule has 0 unspecified atom stereocenters. The standard InChI is InChI=1S/C25H26F4N4O4/c1-22(2,3)37-21(34)32-12-24(35,25(27,28)29)17-11-16-19(18(33-17)14-5-7-15(26)8-6-14)36-13-23(16,4)20-30-9-10-31-20/h5-11,35H,12-13H2,1-4H3,(H,30,31)(H,32,34)/t23-,24-/m0/s1. The molecule has 37 heavy (non-hydrogen) atoms. The lowest BCUT2D eigenvalue weighted by molar-refractivity contribution is -0.265. The van der Waals surface area contributed by atoms with Crippen molar-refractivity contribution in [2.45, 2.75) is 50.5 Å². The number of alkyl halides is 3. The van der Waals surface area contributed by atoms with Crippen LogP contribution < -0.4 is 10.1 Å². The number of hydrogen-bond acceptors (Lipinski definition) is 6. The van der Waals surface area contributed by atoms with Gasteiger partial charge in [0.2, 0.25) is 5.60 Å². The van der Waals surface area contributed by atoms with E-state index in [-0.39, 0.29) is 29.2 Å². The summed E-state index contributed by atoms with van der Waals surface area (Å²) in [6.45, 7) is 5.13. The molecule has 3 aromatic rings. The minimum Gasteiger partial charge on any atom is -0.490 e. The third-order valence-electron chi connectivity index (χ3n) is 5.99. The van der Waals surface area contributed by atoms with Crippen LogP contribution in [0, 0.1) is 5.82 Å². The fourth-order valence-corrected chi connectivity index (χ4v) is 4.01. The third-order valence-corrected chi connectivity index (χ3v) is 5.99. The number of nitrogens with zero attached hydrogens (tertiary/aromatic N) is 2. The number of rotatable bonds is 5. The number of halogens is 4. The van der Waals surface area contributed by atoms with Crippen molar-refractivity contribution < 1.29 is 36.9 Å². The van der Waals surface area contributed by atoms with Gasteiger partial charge in [0.05, 0.1) is 17.7 Å². The summed E-state index contributed by atoms with van der Waals surface area (Å²) in [5, 5.41) is 13.0. The molecule has 0 saturated carbocycles. The number of aromatic amines is 1. The molecule has 0 saturated heterocycles. The minimum atomic E-state index is -5.25. The molecule has 4 rings (SSSR count). The molecule has 0 bridgehead atoms. The number of aliphatic hydroxyl groups is 1. The van der Waals surface area contributed by atoms with Gasteiger partial charge >= 0.3 is 12.3 Å². The van der Waals surface area contributed by atoms with Gasteiger partial charge in [-0.1, -0.05) is 0 Å². The van der Waals surface area contributed by atoms with E-state index in [4.69, 9.17) is 9.47 Å². The van der Waals surface area contributed by atoms with Crippen LogP contribution in [0.15, 0.2) is 42.7 Å². The molecule has 0 aliphatic carbocycles. The van der Waals surface area contributed by atoms with Gasteiger partial charge in [-0.15, -0.1) is 0 Å². The van der Waals surface area contributed by atoms with Gasteiger partial charge in [-0.3, -0.25) is 0 Å². The van der Waals surface area contributed by atoms with E-state index in [2.05, 4.69) is 15.0 Å².